The lowest BCUT2D eigenvalue weighted by atomic mass is 10.1. The summed E-state index contributed by atoms with van der Waals surface area (Å²) in [5.41, 5.74) is 1.06. The molecule has 0 saturated heterocycles. The Morgan fingerprint density at radius 2 is 1.48 bits per heavy atom. The first kappa shape index (κ1) is 16.9. The highest BCUT2D eigenvalue weighted by molar-refractivity contribution is 6.35. The van der Waals surface area contributed by atoms with E-state index < -0.39 is 18.1 Å². The van der Waals surface area contributed by atoms with Crippen LogP contribution < -0.4 is 9.64 Å². The monoisotopic (exact) mass is 343 g/mol. The number of fused-ring (bicyclic) bond motifs is 1. The van der Waals surface area contributed by atoms with Crippen molar-refractivity contribution >= 4 is 17.5 Å². The number of hydrogen-bond donors (Lipinski definition) is 1. The summed E-state index contributed by atoms with van der Waals surface area (Å²) in [6.45, 7) is 0. The minimum Gasteiger partial charge on any atom is -0.504 e. The van der Waals surface area contributed by atoms with Gasteiger partial charge >= 0.3 is 0 Å². The maximum atomic E-state index is 12.8. The first-order valence-corrected chi connectivity index (χ1v) is 7.48. The quantitative estimate of drug-likeness (QED) is 0.663. The van der Waals surface area contributed by atoms with Gasteiger partial charge in [-0.25, -0.2) is 4.90 Å². The van der Waals surface area contributed by atoms with Crippen LogP contribution in [0.1, 0.15) is 32.6 Å². The molecule has 0 radical (unpaired) electrons. The SMILES string of the molecule is COc1c(O)ccc(C(OC)OC)c1N1C(=O)c2ccccc2C1=O. The first-order chi connectivity index (χ1) is 12.0. The molecule has 0 fully saturated rings. The van der Waals surface area contributed by atoms with Gasteiger partial charge in [-0.2, -0.15) is 0 Å². The fraction of sp³-hybridized carbons (Fsp3) is 0.222. The maximum absolute atomic E-state index is 12.8. The van der Waals surface area contributed by atoms with Crippen molar-refractivity contribution in [2.75, 3.05) is 26.2 Å². The number of aromatic hydroxyl groups is 1. The summed E-state index contributed by atoms with van der Waals surface area (Å²) in [6.07, 6.45) is -0.853. The number of phenols is 1. The van der Waals surface area contributed by atoms with E-state index in [0.717, 1.165) is 4.90 Å². The number of imide groups is 1. The number of methoxy groups -OCH3 is 3. The summed E-state index contributed by atoms with van der Waals surface area (Å²) >= 11 is 0. The van der Waals surface area contributed by atoms with E-state index in [9.17, 15) is 14.7 Å². The Hall–Kier alpha value is -2.90. The summed E-state index contributed by atoms with van der Waals surface area (Å²) in [5.74, 6) is -1.22. The zero-order valence-electron chi connectivity index (χ0n) is 14.0. The van der Waals surface area contributed by atoms with Crippen molar-refractivity contribution < 1.29 is 28.9 Å². The highest BCUT2D eigenvalue weighted by Crippen LogP contribution is 2.45. The van der Waals surface area contributed by atoms with Crippen LogP contribution in [0.2, 0.25) is 0 Å². The van der Waals surface area contributed by atoms with Gasteiger partial charge in [0.2, 0.25) is 0 Å². The van der Waals surface area contributed by atoms with Gasteiger partial charge in [0.05, 0.1) is 18.2 Å². The van der Waals surface area contributed by atoms with Crippen LogP contribution in [-0.2, 0) is 9.47 Å². The van der Waals surface area contributed by atoms with Crippen LogP contribution in [0.3, 0.4) is 0 Å². The van der Waals surface area contributed by atoms with Crippen LogP contribution in [0.5, 0.6) is 11.5 Å². The molecule has 2 aromatic carbocycles. The van der Waals surface area contributed by atoms with Gasteiger partial charge in [-0.1, -0.05) is 12.1 Å². The summed E-state index contributed by atoms with van der Waals surface area (Å²) in [6, 6.07) is 9.43. The van der Waals surface area contributed by atoms with Gasteiger partial charge in [0.1, 0.15) is 5.69 Å². The van der Waals surface area contributed by atoms with Crippen LogP contribution >= 0.6 is 0 Å². The normalized spacial score (nSPS) is 13.5. The van der Waals surface area contributed by atoms with Crippen molar-refractivity contribution in [1.82, 2.24) is 0 Å². The number of carbonyl (C=O) groups is 2. The number of rotatable bonds is 5. The lowest BCUT2D eigenvalue weighted by Crippen LogP contribution is -2.31. The van der Waals surface area contributed by atoms with E-state index in [1.807, 2.05) is 0 Å². The molecular weight excluding hydrogens is 326 g/mol. The molecule has 25 heavy (non-hydrogen) atoms. The van der Waals surface area contributed by atoms with Gasteiger partial charge in [-0.05, 0) is 24.3 Å². The lowest BCUT2D eigenvalue weighted by molar-refractivity contribution is -0.105. The Balaban J connectivity index is 2.25. The zero-order chi connectivity index (χ0) is 18.1. The number of benzene rings is 2. The molecule has 0 unspecified atom stereocenters. The van der Waals surface area contributed by atoms with E-state index in [4.69, 9.17) is 14.2 Å². The number of hydrogen-bond acceptors (Lipinski definition) is 6. The number of amides is 2. The molecule has 1 aliphatic rings. The molecule has 3 rings (SSSR count). The van der Waals surface area contributed by atoms with E-state index in [1.165, 1.54) is 33.5 Å². The highest BCUT2D eigenvalue weighted by Gasteiger charge is 2.40. The second-order valence-corrected chi connectivity index (χ2v) is 5.35. The van der Waals surface area contributed by atoms with Crippen molar-refractivity contribution in [3.05, 3.63) is 53.1 Å². The van der Waals surface area contributed by atoms with Gasteiger partial charge < -0.3 is 19.3 Å². The summed E-state index contributed by atoms with van der Waals surface area (Å²) in [4.78, 5) is 26.6. The molecule has 0 saturated carbocycles. The van der Waals surface area contributed by atoms with Crippen LogP contribution in [0.25, 0.3) is 0 Å². The molecule has 0 bridgehead atoms. The molecule has 0 aromatic heterocycles. The third-order valence-electron chi connectivity index (χ3n) is 4.05. The smallest absolute Gasteiger partial charge is 0.266 e. The topological polar surface area (TPSA) is 85.3 Å². The Labute approximate surface area is 144 Å². The van der Waals surface area contributed by atoms with Crippen molar-refractivity contribution in [3.63, 3.8) is 0 Å². The molecule has 0 aliphatic carbocycles. The predicted octanol–water partition coefficient (Wildman–Crippen LogP) is 2.49. The molecule has 0 atom stereocenters. The van der Waals surface area contributed by atoms with Crippen LogP contribution in [0, 0.1) is 0 Å². The Morgan fingerprint density at radius 3 is 1.96 bits per heavy atom. The summed E-state index contributed by atoms with van der Waals surface area (Å²) in [7, 11) is 4.20. The van der Waals surface area contributed by atoms with E-state index in [1.54, 1.807) is 24.3 Å². The zero-order valence-corrected chi connectivity index (χ0v) is 14.0. The van der Waals surface area contributed by atoms with Crippen LogP contribution in [0.4, 0.5) is 5.69 Å². The highest BCUT2D eigenvalue weighted by atomic mass is 16.7. The summed E-state index contributed by atoms with van der Waals surface area (Å²) in [5, 5.41) is 10.1. The number of nitrogens with zero attached hydrogens (tertiary/aromatic N) is 1. The van der Waals surface area contributed by atoms with Gasteiger partial charge in [0, 0.05) is 19.8 Å². The van der Waals surface area contributed by atoms with Crippen LogP contribution in [0.15, 0.2) is 36.4 Å². The molecule has 0 spiro atoms. The number of ether oxygens (including phenoxy) is 3. The fourth-order valence-electron chi connectivity index (χ4n) is 2.94. The lowest BCUT2D eigenvalue weighted by Gasteiger charge is -2.25. The van der Waals surface area contributed by atoms with Crippen molar-refractivity contribution in [3.8, 4) is 11.5 Å². The maximum Gasteiger partial charge on any atom is 0.266 e. The molecule has 2 amide bonds. The van der Waals surface area contributed by atoms with Gasteiger partial charge in [0.25, 0.3) is 11.8 Å². The van der Waals surface area contributed by atoms with Crippen molar-refractivity contribution in [2.45, 2.75) is 6.29 Å². The van der Waals surface area contributed by atoms with E-state index in [-0.39, 0.29) is 28.3 Å². The molecule has 1 aliphatic heterocycles. The van der Waals surface area contributed by atoms with Crippen LogP contribution in [-0.4, -0.2) is 38.3 Å². The molecule has 7 nitrogen and oxygen atoms in total. The van der Waals surface area contributed by atoms with Gasteiger partial charge in [0.15, 0.2) is 17.8 Å². The average Bonchev–Trinajstić information content (AvgIpc) is 2.88. The summed E-state index contributed by atoms with van der Waals surface area (Å²) < 4.78 is 15.8. The van der Waals surface area contributed by atoms with E-state index >= 15 is 0 Å². The molecule has 1 heterocycles. The third kappa shape index (κ3) is 2.54. The standard InChI is InChI=1S/C18H17NO6/c1-23-15-13(20)9-8-12(18(24-2)25-3)14(15)19-16(21)10-6-4-5-7-11(10)17(19)22/h4-9,18,20H,1-3H3. The molecular formula is C18H17NO6. The van der Waals surface area contributed by atoms with Crippen molar-refractivity contribution in [2.24, 2.45) is 0 Å². The second kappa shape index (κ2) is 6.54. The Kier molecular flexibility index (Phi) is 4.43. The molecule has 2 aromatic rings. The van der Waals surface area contributed by atoms with Gasteiger partial charge in [-0.15, -0.1) is 0 Å². The molecule has 7 heteroatoms. The van der Waals surface area contributed by atoms with Crippen molar-refractivity contribution in [1.29, 1.82) is 0 Å². The largest absolute Gasteiger partial charge is 0.504 e. The number of anilines is 1. The third-order valence-corrected chi connectivity index (χ3v) is 4.05. The fourth-order valence-corrected chi connectivity index (χ4v) is 2.94. The van der Waals surface area contributed by atoms with Gasteiger partial charge in [-0.3, -0.25) is 9.59 Å². The minimum atomic E-state index is -0.853. The minimum absolute atomic E-state index is 0.00824. The molecule has 1 N–H and O–H groups in total. The van der Waals surface area contributed by atoms with E-state index in [2.05, 4.69) is 0 Å². The number of phenolic OH excluding ortho intramolecular Hbond substituents is 1. The van der Waals surface area contributed by atoms with E-state index in [0.29, 0.717) is 5.56 Å². The Morgan fingerprint density at radius 1 is 0.920 bits per heavy atom. The molecule has 130 valence electrons. The number of carbonyl (C=O) groups excluding carboxylic acids is 2. The predicted molar refractivity (Wildman–Crippen MR) is 89.0 cm³/mol. The average molecular weight is 343 g/mol. The second-order valence-electron chi connectivity index (χ2n) is 5.35. The first-order valence-electron chi connectivity index (χ1n) is 7.48. The Bertz CT molecular complexity index is 808.